The third-order valence-electron chi connectivity index (χ3n) is 5.65. The molecule has 0 fully saturated rings. The summed E-state index contributed by atoms with van der Waals surface area (Å²) >= 11 is 0. The molecule has 0 radical (unpaired) electrons. The molecule has 0 aromatic carbocycles. The first-order valence-corrected chi connectivity index (χ1v) is 14.0. The molecule has 0 spiro atoms. The smallest absolute Gasteiger partial charge is 0.310 e. The molecule has 0 heterocycles. The molecule has 0 aromatic rings. The normalized spacial score (nSPS) is 16.1. The Hall–Kier alpha value is -4.01. The molecule has 8 nitrogen and oxygen atoms in total. The minimum absolute atomic E-state index is 0.0774. The van der Waals surface area contributed by atoms with Gasteiger partial charge in [-0.25, -0.2) is 0 Å². The lowest BCUT2D eigenvalue weighted by Gasteiger charge is -2.11. The van der Waals surface area contributed by atoms with Gasteiger partial charge in [-0.1, -0.05) is 104 Å². The molecular formula is C34H48N2O6. The summed E-state index contributed by atoms with van der Waals surface area (Å²) in [6.45, 7) is 11.3. The third-order valence-corrected chi connectivity index (χ3v) is 5.65. The van der Waals surface area contributed by atoms with Crippen molar-refractivity contribution in [2.45, 2.75) is 66.6 Å². The fourth-order valence-electron chi connectivity index (χ4n) is 3.12. The van der Waals surface area contributed by atoms with E-state index in [0.29, 0.717) is 24.2 Å². The Balaban J connectivity index is 4.54. The summed E-state index contributed by atoms with van der Waals surface area (Å²) < 4.78 is 0. The molecule has 0 aliphatic carbocycles. The molecule has 0 aromatic heterocycles. The van der Waals surface area contributed by atoms with Gasteiger partial charge >= 0.3 is 5.97 Å². The summed E-state index contributed by atoms with van der Waals surface area (Å²) in [6.07, 6.45) is 25.2. The van der Waals surface area contributed by atoms with Crippen LogP contribution in [0, 0.1) is 11.8 Å². The molecule has 0 aliphatic heterocycles. The van der Waals surface area contributed by atoms with Crippen LogP contribution < -0.4 is 10.6 Å². The van der Waals surface area contributed by atoms with Crippen LogP contribution in [-0.2, 0) is 14.4 Å². The maximum absolute atomic E-state index is 12.2. The molecule has 0 bridgehead atoms. The standard InChI is InChI=1S/C34H48N2O6/c1-25(2)23-31(38)33(40)35-22-16-9-7-8-11-17-26(3)18-14-15-19-27(4)30(37)24-32(39)36-29(6)21-13-10-12-20-28(5)34(41)42/h7-21,25,28,30-31,37-38H,22-24H2,1-6H3,(H,35,40)(H,36,39)(H,41,42). The van der Waals surface area contributed by atoms with E-state index in [4.69, 9.17) is 5.11 Å². The quantitative estimate of drug-likeness (QED) is 0.141. The second-order valence-corrected chi connectivity index (χ2v) is 10.3. The molecule has 230 valence electrons. The van der Waals surface area contributed by atoms with Gasteiger partial charge in [0.1, 0.15) is 6.10 Å². The van der Waals surface area contributed by atoms with E-state index in [1.54, 1.807) is 69.4 Å². The van der Waals surface area contributed by atoms with Crippen LogP contribution in [-0.4, -0.2) is 51.9 Å². The van der Waals surface area contributed by atoms with E-state index in [-0.39, 0.29) is 24.2 Å². The van der Waals surface area contributed by atoms with Crippen LogP contribution >= 0.6 is 0 Å². The zero-order valence-corrected chi connectivity index (χ0v) is 25.7. The topological polar surface area (TPSA) is 136 Å². The number of aliphatic carboxylic acids is 1. The first-order chi connectivity index (χ1) is 19.8. The van der Waals surface area contributed by atoms with Gasteiger partial charge in [-0.05, 0) is 51.7 Å². The first-order valence-electron chi connectivity index (χ1n) is 14.0. The van der Waals surface area contributed by atoms with E-state index in [1.165, 1.54) is 0 Å². The van der Waals surface area contributed by atoms with Gasteiger partial charge in [-0.2, -0.15) is 0 Å². The van der Waals surface area contributed by atoms with E-state index >= 15 is 0 Å². The van der Waals surface area contributed by atoms with Crippen LogP contribution in [0.15, 0.2) is 108 Å². The SMILES string of the molecule is CC(C=CC=CC=CCNC(=O)C(O)CC(C)C)=CC=CC=C(C)C(O)CC(=O)NC(C)=CC=CC=CC(C)C(=O)O. The van der Waals surface area contributed by atoms with E-state index in [0.717, 1.165) is 5.57 Å². The summed E-state index contributed by atoms with van der Waals surface area (Å²) in [5.74, 6) is -1.89. The lowest BCUT2D eigenvalue weighted by atomic mass is 10.1. The number of carboxylic acid groups (broad SMARTS) is 1. The minimum Gasteiger partial charge on any atom is -0.481 e. The van der Waals surface area contributed by atoms with Gasteiger partial charge in [0.25, 0.3) is 0 Å². The number of carboxylic acids is 1. The summed E-state index contributed by atoms with van der Waals surface area (Å²) in [6, 6.07) is 0. The number of nitrogens with one attached hydrogen (secondary N) is 2. The molecule has 3 atom stereocenters. The van der Waals surface area contributed by atoms with Gasteiger partial charge in [0.05, 0.1) is 18.4 Å². The van der Waals surface area contributed by atoms with Gasteiger partial charge in [-0.15, -0.1) is 0 Å². The zero-order chi connectivity index (χ0) is 31.9. The maximum Gasteiger partial charge on any atom is 0.310 e. The summed E-state index contributed by atoms with van der Waals surface area (Å²) in [5, 5.41) is 34.3. The number of rotatable bonds is 18. The van der Waals surface area contributed by atoms with Crippen molar-refractivity contribution in [3.05, 3.63) is 108 Å². The van der Waals surface area contributed by atoms with Crippen molar-refractivity contribution < 1.29 is 29.7 Å². The van der Waals surface area contributed by atoms with Crippen LogP contribution in [0.25, 0.3) is 0 Å². The molecule has 0 saturated carbocycles. The van der Waals surface area contributed by atoms with Crippen molar-refractivity contribution in [2.75, 3.05) is 6.54 Å². The Morgan fingerprint density at radius 1 is 0.762 bits per heavy atom. The second kappa shape index (κ2) is 22.7. The molecule has 8 heteroatoms. The first kappa shape index (κ1) is 38.0. The highest BCUT2D eigenvalue weighted by Gasteiger charge is 2.15. The summed E-state index contributed by atoms with van der Waals surface area (Å²) in [7, 11) is 0. The van der Waals surface area contributed by atoms with Crippen molar-refractivity contribution in [1.29, 1.82) is 0 Å². The van der Waals surface area contributed by atoms with Gasteiger partial charge in [0.15, 0.2) is 0 Å². The van der Waals surface area contributed by atoms with Crippen LogP contribution in [0.4, 0.5) is 0 Å². The minimum atomic E-state index is -0.976. The Morgan fingerprint density at radius 3 is 2.05 bits per heavy atom. The predicted molar refractivity (Wildman–Crippen MR) is 170 cm³/mol. The molecular weight excluding hydrogens is 532 g/mol. The maximum atomic E-state index is 12.2. The number of hydrogen-bond donors (Lipinski definition) is 5. The number of amides is 2. The van der Waals surface area contributed by atoms with Crippen molar-refractivity contribution >= 4 is 17.8 Å². The lowest BCUT2D eigenvalue weighted by Crippen LogP contribution is -2.35. The number of carbonyl (C=O) groups excluding carboxylic acids is 2. The van der Waals surface area contributed by atoms with Crippen molar-refractivity contribution in [3.63, 3.8) is 0 Å². The molecule has 0 saturated heterocycles. The summed E-state index contributed by atoms with van der Waals surface area (Å²) in [4.78, 5) is 34.7. The highest BCUT2D eigenvalue weighted by molar-refractivity contribution is 5.80. The van der Waals surface area contributed by atoms with E-state index < -0.39 is 24.1 Å². The highest BCUT2D eigenvalue weighted by Crippen LogP contribution is 2.07. The van der Waals surface area contributed by atoms with Gasteiger partial charge in [0, 0.05) is 12.2 Å². The van der Waals surface area contributed by atoms with Gasteiger partial charge in [0.2, 0.25) is 11.8 Å². The fourth-order valence-corrected chi connectivity index (χ4v) is 3.12. The lowest BCUT2D eigenvalue weighted by molar-refractivity contribution is -0.139. The Bertz CT molecular complexity index is 1130. The van der Waals surface area contributed by atoms with Crippen molar-refractivity contribution in [3.8, 4) is 0 Å². The van der Waals surface area contributed by atoms with Gasteiger partial charge < -0.3 is 26.0 Å². The van der Waals surface area contributed by atoms with Crippen LogP contribution in [0.5, 0.6) is 0 Å². The zero-order valence-electron chi connectivity index (χ0n) is 25.7. The molecule has 0 rings (SSSR count). The number of aliphatic hydroxyl groups excluding tert-OH is 2. The average Bonchev–Trinajstić information content (AvgIpc) is 2.91. The predicted octanol–water partition coefficient (Wildman–Crippen LogP) is 5.23. The van der Waals surface area contributed by atoms with Crippen LogP contribution in [0.1, 0.15) is 54.4 Å². The molecule has 42 heavy (non-hydrogen) atoms. The van der Waals surface area contributed by atoms with E-state index in [1.807, 2.05) is 63.3 Å². The number of hydrogen-bond acceptors (Lipinski definition) is 5. The molecule has 2 amide bonds. The third kappa shape index (κ3) is 20.8. The van der Waals surface area contributed by atoms with Gasteiger partial charge in [-0.3, -0.25) is 14.4 Å². The number of aliphatic hydroxyl groups is 2. The number of allylic oxidation sites excluding steroid dienone is 15. The summed E-state index contributed by atoms with van der Waals surface area (Å²) in [5.41, 5.74) is 2.27. The molecule has 0 aliphatic rings. The van der Waals surface area contributed by atoms with Crippen molar-refractivity contribution in [2.24, 2.45) is 11.8 Å². The highest BCUT2D eigenvalue weighted by atomic mass is 16.4. The van der Waals surface area contributed by atoms with E-state index in [9.17, 15) is 24.6 Å². The Kier molecular flexibility index (Phi) is 20.5. The largest absolute Gasteiger partial charge is 0.481 e. The van der Waals surface area contributed by atoms with Crippen molar-refractivity contribution in [1.82, 2.24) is 10.6 Å². The second-order valence-electron chi connectivity index (χ2n) is 10.3. The fraction of sp³-hybridized carbons (Fsp3) is 0.382. The number of carbonyl (C=O) groups is 3. The Morgan fingerprint density at radius 2 is 1.38 bits per heavy atom. The van der Waals surface area contributed by atoms with Crippen LogP contribution in [0.2, 0.25) is 0 Å². The monoisotopic (exact) mass is 580 g/mol. The average molecular weight is 581 g/mol. The molecule has 3 unspecified atom stereocenters. The van der Waals surface area contributed by atoms with E-state index in [2.05, 4.69) is 10.6 Å². The van der Waals surface area contributed by atoms with Crippen LogP contribution in [0.3, 0.4) is 0 Å². The molecule has 5 N–H and O–H groups in total. The Labute approximate surface area is 251 Å².